The van der Waals surface area contributed by atoms with Crippen LogP contribution in [0.5, 0.6) is 0 Å². The molecule has 2 N–H and O–H groups in total. The number of halogens is 1. The van der Waals surface area contributed by atoms with E-state index in [4.69, 9.17) is 0 Å². The fourth-order valence-electron chi connectivity index (χ4n) is 3.33. The lowest BCUT2D eigenvalue weighted by atomic mass is 10.1. The van der Waals surface area contributed by atoms with Gasteiger partial charge in [-0.05, 0) is 36.6 Å². The Kier molecular flexibility index (Phi) is 11.4. The van der Waals surface area contributed by atoms with Crippen LogP contribution in [-0.2, 0) is 15.3 Å². The summed E-state index contributed by atoms with van der Waals surface area (Å²) in [7, 11) is 0. The number of thioether (sulfide) groups is 1. The molecule has 1 aromatic heterocycles. The van der Waals surface area contributed by atoms with Gasteiger partial charge in [0.15, 0.2) is 5.78 Å². The lowest BCUT2D eigenvalue weighted by molar-refractivity contribution is -0.139. The van der Waals surface area contributed by atoms with Crippen molar-refractivity contribution in [2.45, 2.75) is 44.9 Å². The summed E-state index contributed by atoms with van der Waals surface area (Å²) < 4.78 is 13.0. The van der Waals surface area contributed by atoms with Crippen LogP contribution in [0.1, 0.15) is 59.4 Å². The number of nitrogens with one attached hydrogen (secondary N) is 1. The Labute approximate surface area is 208 Å². The maximum absolute atomic E-state index is 13.0. The van der Waals surface area contributed by atoms with Gasteiger partial charge in [-0.15, -0.1) is 11.8 Å². The summed E-state index contributed by atoms with van der Waals surface area (Å²) in [4.78, 5) is 55.3. The molecule has 1 heterocycles. The molecule has 35 heavy (non-hydrogen) atoms. The average Bonchev–Trinajstić information content (AvgIpc) is 2.84. The van der Waals surface area contributed by atoms with Crippen molar-refractivity contribution in [1.29, 1.82) is 0 Å². The van der Waals surface area contributed by atoms with Crippen molar-refractivity contribution < 1.29 is 28.7 Å². The first-order valence-corrected chi connectivity index (χ1v) is 12.5. The topological polar surface area (TPSA) is 117 Å². The second-order valence-electron chi connectivity index (χ2n) is 7.96. The summed E-state index contributed by atoms with van der Waals surface area (Å²) in [6.07, 6.45) is 3.65. The van der Waals surface area contributed by atoms with Crippen molar-refractivity contribution in [2.75, 3.05) is 18.8 Å². The van der Waals surface area contributed by atoms with Gasteiger partial charge in [0, 0.05) is 31.2 Å². The first kappa shape index (κ1) is 28.0. The van der Waals surface area contributed by atoms with E-state index in [0.717, 1.165) is 18.4 Å². The summed E-state index contributed by atoms with van der Waals surface area (Å²) >= 11 is 1.24. The molecule has 0 saturated carbocycles. The summed E-state index contributed by atoms with van der Waals surface area (Å²) in [6, 6.07) is 6.01. The van der Waals surface area contributed by atoms with Crippen LogP contribution in [0.15, 0.2) is 42.7 Å². The van der Waals surface area contributed by atoms with Crippen molar-refractivity contribution in [3.63, 3.8) is 0 Å². The van der Waals surface area contributed by atoms with E-state index in [1.807, 2.05) is 13.8 Å². The van der Waals surface area contributed by atoms with Gasteiger partial charge in [0.05, 0.1) is 29.3 Å². The third-order valence-corrected chi connectivity index (χ3v) is 6.05. The highest BCUT2D eigenvalue weighted by molar-refractivity contribution is 7.99. The van der Waals surface area contributed by atoms with Crippen LogP contribution in [0.25, 0.3) is 0 Å². The second kappa shape index (κ2) is 14.2. The number of Topliss-reactive ketones (excluding diaryl/α,β-unsaturated/α-hetero) is 1. The number of hydrogen-bond acceptors (Lipinski definition) is 6. The number of ketones is 1. The third kappa shape index (κ3) is 9.12. The van der Waals surface area contributed by atoms with Crippen LogP contribution < -0.4 is 5.32 Å². The highest BCUT2D eigenvalue weighted by Gasteiger charge is 2.25. The Morgan fingerprint density at radius 2 is 1.69 bits per heavy atom. The van der Waals surface area contributed by atoms with Crippen molar-refractivity contribution in [3.05, 3.63) is 65.2 Å². The van der Waals surface area contributed by atoms with E-state index >= 15 is 0 Å². The fourth-order valence-corrected chi connectivity index (χ4v) is 4.26. The van der Waals surface area contributed by atoms with Gasteiger partial charge in [-0.1, -0.05) is 26.0 Å². The molecule has 1 aromatic carbocycles. The molecule has 0 radical (unpaired) electrons. The molecule has 0 spiro atoms. The molecular weight excluding hydrogens is 473 g/mol. The molecule has 0 saturated heterocycles. The molecular formula is C25H30FN3O5S. The molecule has 188 valence electrons. The van der Waals surface area contributed by atoms with Crippen molar-refractivity contribution >= 4 is 35.3 Å². The van der Waals surface area contributed by atoms with Gasteiger partial charge >= 0.3 is 5.97 Å². The molecule has 0 aliphatic rings. The number of nitrogens with zero attached hydrogens (tertiary/aromatic N) is 2. The van der Waals surface area contributed by atoms with Gasteiger partial charge in [-0.3, -0.25) is 24.2 Å². The van der Waals surface area contributed by atoms with Gasteiger partial charge in [0.1, 0.15) is 5.82 Å². The maximum Gasteiger partial charge on any atom is 0.305 e. The number of carbonyl (C=O) groups excluding carboxylic acids is 3. The van der Waals surface area contributed by atoms with Crippen LogP contribution in [0.3, 0.4) is 0 Å². The SMILES string of the molecule is CCCN(CCC)C(=O)c1cncc(C(=O)N[C@@H](CC(=O)O)C(=O)CSCc2ccc(F)cc2)c1. The number of pyridine rings is 1. The second-order valence-corrected chi connectivity index (χ2v) is 8.95. The molecule has 1 atom stereocenters. The van der Waals surface area contributed by atoms with E-state index in [-0.39, 0.29) is 28.6 Å². The Hall–Kier alpha value is -3.27. The molecule has 0 unspecified atom stereocenters. The summed E-state index contributed by atoms with van der Waals surface area (Å²) in [5, 5.41) is 11.7. The number of amides is 2. The Balaban J connectivity index is 2.06. The smallest absolute Gasteiger partial charge is 0.305 e. The molecule has 8 nitrogen and oxygen atoms in total. The van der Waals surface area contributed by atoms with Crippen molar-refractivity contribution in [2.24, 2.45) is 0 Å². The zero-order chi connectivity index (χ0) is 25.8. The van der Waals surface area contributed by atoms with E-state index < -0.39 is 30.1 Å². The number of carboxylic acid groups (broad SMARTS) is 1. The highest BCUT2D eigenvalue weighted by atomic mass is 32.2. The predicted octanol–water partition coefficient (Wildman–Crippen LogP) is 3.56. The Morgan fingerprint density at radius 1 is 1.06 bits per heavy atom. The van der Waals surface area contributed by atoms with Crippen molar-refractivity contribution in [1.82, 2.24) is 15.2 Å². The van der Waals surface area contributed by atoms with Gasteiger partial charge < -0.3 is 15.3 Å². The van der Waals surface area contributed by atoms with E-state index in [1.54, 1.807) is 17.0 Å². The monoisotopic (exact) mass is 503 g/mol. The van der Waals surface area contributed by atoms with Crippen LogP contribution in [0.4, 0.5) is 4.39 Å². The highest BCUT2D eigenvalue weighted by Crippen LogP contribution is 2.15. The molecule has 2 aromatic rings. The van der Waals surface area contributed by atoms with E-state index in [9.17, 15) is 28.7 Å². The summed E-state index contributed by atoms with van der Waals surface area (Å²) in [5.74, 6) is -2.58. The Morgan fingerprint density at radius 3 is 2.29 bits per heavy atom. The van der Waals surface area contributed by atoms with E-state index in [2.05, 4.69) is 10.3 Å². The number of aliphatic carboxylic acids is 1. The standard InChI is InChI=1S/C25H30FN3O5S/c1-3-9-29(10-4-2)25(34)19-11-18(13-27-14-19)24(33)28-21(12-23(31)32)22(30)16-35-15-17-5-7-20(26)8-6-17/h5-8,11,13-14,21H,3-4,9-10,12,15-16H2,1-2H3,(H,28,33)(H,31,32)/t21-/m0/s1. The minimum atomic E-state index is -1.24. The molecule has 0 aliphatic heterocycles. The molecule has 0 aliphatic carbocycles. The normalized spacial score (nSPS) is 11.5. The molecule has 0 fully saturated rings. The lowest BCUT2D eigenvalue weighted by Gasteiger charge is -2.21. The largest absolute Gasteiger partial charge is 0.481 e. The van der Waals surface area contributed by atoms with Gasteiger partial charge in [0.25, 0.3) is 11.8 Å². The zero-order valence-electron chi connectivity index (χ0n) is 19.8. The van der Waals surface area contributed by atoms with Crippen molar-refractivity contribution in [3.8, 4) is 0 Å². The van der Waals surface area contributed by atoms with Crippen LogP contribution >= 0.6 is 11.8 Å². The molecule has 2 amide bonds. The van der Waals surface area contributed by atoms with E-state index in [0.29, 0.717) is 18.8 Å². The predicted molar refractivity (Wildman–Crippen MR) is 132 cm³/mol. The number of benzene rings is 1. The Bertz CT molecular complexity index is 1030. The first-order chi connectivity index (χ1) is 16.7. The number of rotatable bonds is 14. The van der Waals surface area contributed by atoms with Crippen LogP contribution in [0.2, 0.25) is 0 Å². The number of hydrogen-bond donors (Lipinski definition) is 2. The van der Waals surface area contributed by atoms with E-state index in [1.165, 1.54) is 42.4 Å². The number of carbonyl (C=O) groups is 4. The maximum atomic E-state index is 13.0. The van der Waals surface area contributed by atoms with Gasteiger partial charge in [-0.2, -0.15) is 0 Å². The number of aromatic nitrogens is 1. The summed E-state index contributed by atoms with van der Waals surface area (Å²) in [6.45, 7) is 5.09. The van der Waals surface area contributed by atoms with Gasteiger partial charge in [-0.25, -0.2) is 4.39 Å². The van der Waals surface area contributed by atoms with Crippen LogP contribution in [-0.4, -0.2) is 63.4 Å². The number of carboxylic acids is 1. The minimum Gasteiger partial charge on any atom is -0.481 e. The minimum absolute atomic E-state index is 0.0324. The average molecular weight is 504 g/mol. The zero-order valence-corrected chi connectivity index (χ0v) is 20.6. The fraction of sp³-hybridized carbons (Fsp3) is 0.400. The molecule has 2 rings (SSSR count). The first-order valence-electron chi connectivity index (χ1n) is 11.4. The molecule has 10 heteroatoms. The lowest BCUT2D eigenvalue weighted by Crippen LogP contribution is -2.43. The quantitative estimate of drug-likeness (QED) is 0.405. The summed E-state index contributed by atoms with van der Waals surface area (Å²) in [5.41, 5.74) is 1.12. The molecule has 0 bridgehead atoms. The van der Waals surface area contributed by atoms with Gasteiger partial charge in [0.2, 0.25) is 0 Å². The van der Waals surface area contributed by atoms with Crippen LogP contribution in [0, 0.1) is 5.82 Å². The third-order valence-electron chi connectivity index (χ3n) is 5.02.